The maximum Gasteiger partial charge on any atom is 0.152 e. The van der Waals surface area contributed by atoms with Gasteiger partial charge >= 0.3 is 0 Å². The third-order valence-corrected chi connectivity index (χ3v) is 3.30. The average molecular weight is 237 g/mol. The summed E-state index contributed by atoms with van der Waals surface area (Å²) in [6, 6.07) is 4.50. The van der Waals surface area contributed by atoms with Crippen LogP contribution in [0.4, 0.5) is 10.1 Å². The topological polar surface area (TPSA) is 40.5 Å². The maximum atomic E-state index is 13.8. The molecule has 17 heavy (non-hydrogen) atoms. The normalized spacial score (nSPS) is 19.1. The van der Waals surface area contributed by atoms with Crippen molar-refractivity contribution in [3.8, 4) is 0 Å². The molecule has 4 heteroatoms. The second-order valence-corrected chi connectivity index (χ2v) is 4.78. The number of hydrogen-bond donors (Lipinski definition) is 1. The van der Waals surface area contributed by atoms with Crippen LogP contribution in [-0.2, 0) is 0 Å². The molecule has 0 aliphatic carbocycles. The monoisotopic (exact) mass is 237 g/mol. The summed E-state index contributed by atoms with van der Waals surface area (Å²) in [5.41, 5.74) is 0.0489. The Hall–Kier alpha value is -1.42. The lowest BCUT2D eigenvalue weighted by Crippen LogP contribution is -2.43. The van der Waals surface area contributed by atoms with Gasteiger partial charge in [0, 0.05) is 18.7 Å². The summed E-state index contributed by atoms with van der Waals surface area (Å²) in [6.45, 7) is 2.91. The number of carbonyl (C=O) groups excluding carboxylic acids is 1. The molecule has 1 heterocycles. The van der Waals surface area contributed by atoms with E-state index in [1.54, 1.807) is 13.0 Å². The first-order valence-corrected chi connectivity index (χ1v) is 5.74. The van der Waals surface area contributed by atoms with E-state index < -0.39 is 5.60 Å². The first kappa shape index (κ1) is 12.0. The fourth-order valence-corrected chi connectivity index (χ4v) is 2.17. The highest BCUT2D eigenvalue weighted by Gasteiger charge is 2.29. The molecule has 0 aromatic heterocycles. The number of halogens is 1. The molecular weight excluding hydrogens is 221 g/mol. The van der Waals surface area contributed by atoms with Crippen molar-refractivity contribution >= 4 is 12.0 Å². The molecule has 1 N–H and O–H groups in total. The van der Waals surface area contributed by atoms with Crippen molar-refractivity contribution in [3.63, 3.8) is 0 Å². The Balaban J connectivity index is 2.26. The summed E-state index contributed by atoms with van der Waals surface area (Å²) in [5, 5.41) is 9.84. The predicted octanol–water partition coefficient (Wildman–Crippen LogP) is 1.99. The Bertz CT molecular complexity index is 421. The van der Waals surface area contributed by atoms with Gasteiger partial charge in [0.2, 0.25) is 0 Å². The van der Waals surface area contributed by atoms with E-state index in [1.165, 1.54) is 12.1 Å². The van der Waals surface area contributed by atoms with Crippen molar-refractivity contribution in [2.45, 2.75) is 25.4 Å². The first-order chi connectivity index (χ1) is 8.03. The smallest absolute Gasteiger partial charge is 0.152 e. The van der Waals surface area contributed by atoms with Crippen LogP contribution >= 0.6 is 0 Å². The molecule has 0 amide bonds. The molecule has 0 atom stereocenters. The Morgan fingerprint density at radius 2 is 2.06 bits per heavy atom. The SMILES string of the molecule is CC1(O)CCN(c2c(F)cccc2C=O)CC1. The van der Waals surface area contributed by atoms with Gasteiger partial charge in [-0.05, 0) is 31.9 Å². The first-order valence-electron chi connectivity index (χ1n) is 5.74. The number of benzene rings is 1. The highest BCUT2D eigenvalue weighted by Crippen LogP contribution is 2.29. The molecular formula is C13H16FNO2. The Labute approximate surface area is 99.9 Å². The molecule has 1 aromatic carbocycles. The summed E-state index contributed by atoms with van der Waals surface area (Å²) < 4.78 is 13.8. The summed E-state index contributed by atoms with van der Waals surface area (Å²) in [4.78, 5) is 12.7. The fourth-order valence-electron chi connectivity index (χ4n) is 2.17. The zero-order valence-electron chi connectivity index (χ0n) is 9.82. The second-order valence-electron chi connectivity index (χ2n) is 4.78. The number of aldehydes is 1. The molecule has 0 radical (unpaired) electrons. The predicted molar refractivity (Wildman–Crippen MR) is 63.9 cm³/mol. The number of aliphatic hydroxyl groups is 1. The van der Waals surface area contributed by atoms with Crippen LogP contribution in [0.3, 0.4) is 0 Å². The highest BCUT2D eigenvalue weighted by molar-refractivity contribution is 5.84. The minimum absolute atomic E-state index is 0.359. The van der Waals surface area contributed by atoms with Gasteiger partial charge in [-0.15, -0.1) is 0 Å². The zero-order chi connectivity index (χ0) is 12.5. The molecule has 0 saturated carbocycles. The van der Waals surface area contributed by atoms with Crippen LogP contribution in [0, 0.1) is 5.82 Å². The van der Waals surface area contributed by atoms with E-state index in [0.717, 1.165) is 0 Å². The minimum atomic E-state index is -0.677. The molecule has 0 spiro atoms. The number of carbonyl (C=O) groups is 1. The third kappa shape index (κ3) is 2.47. The number of piperidine rings is 1. The van der Waals surface area contributed by atoms with E-state index in [1.807, 2.05) is 4.90 Å². The molecule has 0 bridgehead atoms. The molecule has 92 valence electrons. The molecule has 2 rings (SSSR count). The van der Waals surface area contributed by atoms with Crippen LogP contribution in [0.1, 0.15) is 30.1 Å². The number of hydrogen-bond acceptors (Lipinski definition) is 3. The van der Waals surface area contributed by atoms with Gasteiger partial charge in [0.05, 0.1) is 11.3 Å². The van der Waals surface area contributed by atoms with Crippen LogP contribution in [-0.4, -0.2) is 30.1 Å². The highest BCUT2D eigenvalue weighted by atomic mass is 19.1. The second kappa shape index (κ2) is 4.45. The minimum Gasteiger partial charge on any atom is -0.390 e. The molecule has 1 aliphatic rings. The van der Waals surface area contributed by atoms with E-state index in [4.69, 9.17) is 0 Å². The van der Waals surface area contributed by atoms with E-state index in [-0.39, 0.29) is 5.82 Å². The van der Waals surface area contributed by atoms with Crippen LogP contribution in [0.25, 0.3) is 0 Å². The maximum absolute atomic E-state index is 13.8. The van der Waals surface area contributed by atoms with Crippen LogP contribution in [0.15, 0.2) is 18.2 Å². The quantitative estimate of drug-likeness (QED) is 0.800. The number of rotatable bonds is 2. The van der Waals surface area contributed by atoms with Crippen molar-refractivity contribution < 1.29 is 14.3 Å². The van der Waals surface area contributed by atoms with Gasteiger partial charge in [-0.25, -0.2) is 4.39 Å². The van der Waals surface area contributed by atoms with Crippen LogP contribution in [0.5, 0.6) is 0 Å². The standard InChI is InChI=1S/C13H16FNO2/c1-13(17)5-7-15(8-6-13)12-10(9-16)3-2-4-11(12)14/h2-4,9,17H,5-8H2,1H3. The lowest BCUT2D eigenvalue weighted by molar-refractivity contribution is 0.0350. The Morgan fingerprint density at radius 3 is 2.65 bits per heavy atom. The lowest BCUT2D eigenvalue weighted by atomic mass is 9.93. The van der Waals surface area contributed by atoms with Crippen molar-refractivity contribution in [2.75, 3.05) is 18.0 Å². The number of nitrogens with zero attached hydrogens (tertiary/aromatic N) is 1. The van der Waals surface area contributed by atoms with Crippen molar-refractivity contribution in [1.82, 2.24) is 0 Å². The van der Waals surface area contributed by atoms with E-state index in [2.05, 4.69) is 0 Å². The molecule has 1 aromatic rings. The Kier molecular flexibility index (Phi) is 3.15. The van der Waals surface area contributed by atoms with Gasteiger partial charge in [-0.1, -0.05) is 6.07 Å². The molecule has 3 nitrogen and oxygen atoms in total. The van der Waals surface area contributed by atoms with Gasteiger partial charge in [0.15, 0.2) is 6.29 Å². The van der Waals surface area contributed by atoms with E-state index in [9.17, 15) is 14.3 Å². The Morgan fingerprint density at radius 1 is 1.41 bits per heavy atom. The van der Waals surface area contributed by atoms with Crippen molar-refractivity contribution in [2.24, 2.45) is 0 Å². The van der Waals surface area contributed by atoms with Gasteiger partial charge in [0.1, 0.15) is 5.82 Å². The zero-order valence-corrected chi connectivity index (χ0v) is 9.82. The van der Waals surface area contributed by atoms with Gasteiger partial charge in [-0.3, -0.25) is 4.79 Å². The van der Waals surface area contributed by atoms with Crippen LogP contribution in [0.2, 0.25) is 0 Å². The third-order valence-electron chi connectivity index (χ3n) is 3.30. The molecule has 0 unspecified atom stereocenters. The fraction of sp³-hybridized carbons (Fsp3) is 0.462. The molecule has 1 fully saturated rings. The molecule has 1 aliphatic heterocycles. The lowest BCUT2D eigenvalue weighted by Gasteiger charge is -2.37. The van der Waals surface area contributed by atoms with Crippen molar-refractivity contribution in [1.29, 1.82) is 0 Å². The van der Waals surface area contributed by atoms with Gasteiger partial charge < -0.3 is 10.0 Å². The summed E-state index contributed by atoms with van der Waals surface area (Å²) >= 11 is 0. The molecule has 1 saturated heterocycles. The van der Waals surface area contributed by atoms with Crippen LogP contribution < -0.4 is 4.90 Å². The average Bonchev–Trinajstić information content (AvgIpc) is 2.29. The largest absolute Gasteiger partial charge is 0.390 e. The summed E-state index contributed by atoms with van der Waals surface area (Å²) in [7, 11) is 0. The van der Waals surface area contributed by atoms with Crippen molar-refractivity contribution in [3.05, 3.63) is 29.6 Å². The summed E-state index contributed by atoms with van der Waals surface area (Å²) in [6.07, 6.45) is 1.84. The summed E-state index contributed by atoms with van der Waals surface area (Å²) in [5.74, 6) is -0.379. The van der Waals surface area contributed by atoms with Gasteiger partial charge in [0.25, 0.3) is 0 Å². The van der Waals surface area contributed by atoms with E-state index >= 15 is 0 Å². The number of anilines is 1. The number of para-hydroxylation sites is 1. The van der Waals surface area contributed by atoms with E-state index in [0.29, 0.717) is 43.5 Å². The van der Waals surface area contributed by atoms with Gasteiger partial charge in [-0.2, -0.15) is 0 Å².